The zero-order valence-corrected chi connectivity index (χ0v) is 13.0. The van der Waals surface area contributed by atoms with Crippen LogP contribution in [-0.4, -0.2) is 46.4 Å². The van der Waals surface area contributed by atoms with E-state index in [2.05, 4.69) is 15.5 Å². The minimum absolute atomic E-state index is 0.164. The first-order chi connectivity index (χ1) is 11.1. The minimum Gasteiger partial charge on any atom is -0.386 e. The SMILES string of the molecule is CCc1cc(C(=O)NC[C@]2(O)CCN(c3ccccn3)C2)on1. The van der Waals surface area contributed by atoms with Gasteiger partial charge < -0.3 is 19.8 Å². The number of β-amino-alcohol motifs (C(OH)–C–C–N with tert-alkyl or cyclic N) is 1. The number of anilines is 1. The highest BCUT2D eigenvalue weighted by Crippen LogP contribution is 2.24. The fourth-order valence-electron chi connectivity index (χ4n) is 2.65. The molecule has 0 unspecified atom stereocenters. The summed E-state index contributed by atoms with van der Waals surface area (Å²) in [7, 11) is 0. The molecule has 1 amide bonds. The van der Waals surface area contributed by atoms with Crippen LogP contribution in [0, 0.1) is 0 Å². The molecule has 3 heterocycles. The first-order valence-electron chi connectivity index (χ1n) is 7.72. The molecule has 1 atom stereocenters. The van der Waals surface area contributed by atoms with Gasteiger partial charge >= 0.3 is 0 Å². The van der Waals surface area contributed by atoms with Gasteiger partial charge in [-0.25, -0.2) is 4.98 Å². The molecule has 1 aliphatic heterocycles. The van der Waals surface area contributed by atoms with Gasteiger partial charge in [0.2, 0.25) is 5.76 Å². The van der Waals surface area contributed by atoms with Crippen LogP contribution in [0.4, 0.5) is 5.82 Å². The molecule has 0 spiro atoms. The van der Waals surface area contributed by atoms with Crippen LogP contribution in [0.15, 0.2) is 35.0 Å². The van der Waals surface area contributed by atoms with Gasteiger partial charge in [-0.3, -0.25) is 4.79 Å². The molecule has 0 radical (unpaired) electrons. The van der Waals surface area contributed by atoms with Gasteiger partial charge in [-0.2, -0.15) is 0 Å². The van der Waals surface area contributed by atoms with E-state index in [4.69, 9.17) is 4.52 Å². The predicted molar refractivity (Wildman–Crippen MR) is 84.2 cm³/mol. The number of aliphatic hydroxyl groups is 1. The highest BCUT2D eigenvalue weighted by Gasteiger charge is 2.37. The first kappa shape index (κ1) is 15.5. The smallest absolute Gasteiger partial charge is 0.290 e. The molecule has 122 valence electrons. The van der Waals surface area contributed by atoms with Gasteiger partial charge in [-0.1, -0.05) is 18.1 Å². The average Bonchev–Trinajstić information content (AvgIpc) is 3.21. The first-order valence-corrected chi connectivity index (χ1v) is 7.72. The predicted octanol–water partition coefficient (Wildman–Crippen LogP) is 1.00. The zero-order chi connectivity index (χ0) is 16.3. The Balaban J connectivity index is 1.56. The van der Waals surface area contributed by atoms with Crippen molar-refractivity contribution in [1.82, 2.24) is 15.5 Å². The van der Waals surface area contributed by atoms with Crippen LogP contribution in [0.25, 0.3) is 0 Å². The third-order valence-electron chi connectivity index (χ3n) is 4.03. The van der Waals surface area contributed by atoms with Gasteiger partial charge in [0, 0.05) is 31.9 Å². The van der Waals surface area contributed by atoms with Crippen LogP contribution in [0.3, 0.4) is 0 Å². The van der Waals surface area contributed by atoms with Gasteiger partial charge in [-0.05, 0) is 25.0 Å². The Morgan fingerprint density at radius 1 is 1.52 bits per heavy atom. The number of nitrogens with one attached hydrogen (secondary N) is 1. The molecule has 0 saturated carbocycles. The topological polar surface area (TPSA) is 91.5 Å². The van der Waals surface area contributed by atoms with Crippen molar-refractivity contribution in [3.63, 3.8) is 0 Å². The molecule has 7 nitrogen and oxygen atoms in total. The Morgan fingerprint density at radius 3 is 3.09 bits per heavy atom. The van der Waals surface area contributed by atoms with E-state index >= 15 is 0 Å². The molecule has 7 heteroatoms. The number of nitrogens with zero attached hydrogens (tertiary/aromatic N) is 3. The number of aryl methyl sites for hydroxylation is 1. The van der Waals surface area contributed by atoms with Crippen LogP contribution in [0.5, 0.6) is 0 Å². The van der Waals surface area contributed by atoms with Gasteiger partial charge in [0.15, 0.2) is 0 Å². The van der Waals surface area contributed by atoms with E-state index in [0.29, 0.717) is 25.9 Å². The van der Waals surface area contributed by atoms with E-state index in [1.807, 2.05) is 30.0 Å². The Labute approximate surface area is 134 Å². The van der Waals surface area contributed by atoms with Crippen LogP contribution in [-0.2, 0) is 6.42 Å². The molecule has 23 heavy (non-hydrogen) atoms. The van der Waals surface area contributed by atoms with Crippen molar-refractivity contribution in [2.45, 2.75) is 25.4 Å². The summed E-state index contributed by atoms with van der Waals surface area (Å²) >= 11 is 0. The Kier molecular flexibility index (Phi) is 4.29. The second kappa shape index (κ2) is 6.37. The number of amides is 1. The molecule has 1 saturated heterocycles. The maximum atomic E-state index is 12.0. The summed E-state index contributed by atoms with van der Waals surface area (Å²) in [4.78, 5) is 18.3. The van der Waals surface area contributed by atoms with Crippen LogP contribution < -0.4 is 10.2 Å². The lowest BCUT2D eigenvalue weighted by molar-refractivity contribution is 0.0564. The normalized spacial score (nSPS) is 20.7. The maximum absolute atomic E-state index is 12.0. The highest BCUT2D eigenvalue weighted by molar-refractivity contribution is 5.91. The van der Waals surface area contributed by atoms with Crippen molar-refractivity contribution >= 4 is 11.7 Å². The minimum atomic E-state index is -0.971. The monoisotopic (exact) mass is 316 g/mol. The number of rotatable bonds is 5. The fourth-order valence-corrected chi connectivity index (χ4v) is 2.65. The maximum Gasteiger partial charge on any atom is 0.290 e. The summed E-state index contributed by atoms with van der Waals surface area (Å²) in [6.07, 6.45) is 3.00. The van der Waals surface area contributed by atoms with E-state index in [9.17, 15) is 9.90 Å². The Bertz CT molecular complexity index is 673. The van der Waals surface area contributed by atoms with Crippen molar-refractivity contribution in [3.05, 3.63) is 41.9 Å². The lowest BCUT2D eigenvalue weighted by Gasteiger charge is -2.23. The quantitative estimate of drug-likeness (QED) is 0.855. The summed E-state index contributed by atoms with van der Waals surface area (Å²) in [6.45, 7) is 3.23. The van der Waals surface area contributed by atoms with Crippen LogP contribution in [0.2, 0.25) is 0 Å². The number of pyridine rings is 1. The molecule has 0 aliphatic carbocycles. The largest absolute Gasteiger partial charge is 0.386 e. The highest BCUT2D eigenvalue weighted by atomic mass is 16.5. The average molecular weight is 316 g/mol. The van der Waals surface area contributed by atoms with Crippen molar-refractivity contribution in [2.24, 2.45) is 0 Å². The standard InChI is InChI=1S/C16H20N4O3/c1-2-12-9-13(23-19-12)15(21)18-10-16(22)6-8-20(11-16)14-5-3-4-7-17-14/h3-5,7,9,22H,2,6,8,10-11H2,1H3,(H,18,21)/t16-/m1/s1. The molecule has 1 aliphatic rings. The fraction of sp³-hybridized carbons (Fsp3) is 0.438. The van der Waals surface area contributed by atoms with Gasteiger partial charge in [0.25, 0.3) is 5.91 Å². The number of hydrogen-bond acceptors (Lipinski definition) is 6. The molecule has 3 rings (SSSR count). The zero-order valence-electron chi connectivity index (χ0n) is 13.0. The van der Waals surface area contributed by atoms with Crippen molar-refractivity contribution in [1.29, 1.82) is 0 Å². The van der Waals surface area contributed by atoms with E-state index in [1.54, 1.807) is 12.3 Å². The summed E-state index contributed by atoms with van der Waals surface area (Å²) in [6, 6.07) is 7.30. The van der Waals surface area contributed by atoms with Gasteiger partial charge in [0.05, 0.1) is 5.69 Å². The number of carbonyl (C=O) groups excluding carboxylic acids is 1. The van der Waals surface area contributed by atoms with E-state index in [0.717, 1.165) is 11.5 Å². The summed E-state index contributed by atoms with van der Waals surface area (Å²) in [5.41, 5.74) is -0.239. The molecular formula is C16H20N4O3. The van der Waals surface area contributed by atoms with E-state index in [1.165, 1.54) is 0 Å². The number of hydrogen-bond donors (Lipinski definition) is 2. The van der Waals surface area contributed by atoms with Gasteiger partial charge in [0.1, 0.15) is 11.4 Å². The lowest BCUT2D eigenvalue weighted by atomic mass is 10.0. The molecule has 0 bridgehead atoms. The lowest BCUT2D eigenvalue weighted by Crippen LogP contribution is -2.45. The third kappa shape index (κ3) is 3.50. The Hall–Kier alpha value is -2.41. The van der Waals surface area contributed by atoms with Crippen LogP contribution >= 0.6 is 0 Å². The molecular weight excluding hydrogens is 296 g/mol. The molecule has 2 aromatic heterocycles. The van der Waals surface area contributed by atoms with Crippen molar-refractivity contribution < 1.29 is 14.4 Å². The summed E-state index contributed by atoms with van der Waals surface area (Å²) in [5, 5.41) is 17.2. The van der Waals surface area contributed by atoms with Gasteiger partial charge in [-0.15, -0.1) is 0 Å². The third-order valence-corrected chi connectivity index (χ3v) is 4.03. The Morgan fingerprint density at radius 2 is 2.39 bits per heavy atom. The second-order valence-electron chi connectivity index (χ2n) is 5.80. The van der Waals surface area contributed by atoms with Crippen LogP contribution in [0.1, 0.15) is 29.6 Å². The molecule has 1 fully saturated rings. The van der Waals surface area contributed by atoms with E-state index < -0.39 is 5.60 Å². The number of carbonyl (C=O) groups is 1. The molecule has 0 aromatic carbocycles. The van der Waals surface area contributed by atoms with Crippen molar-refractivity contribution in [2.75, 3.05) is 24.5 Å². The molecule has 2 aromatic rings. The molecule has 2 N–H and O–H groups in total. The second-order valence-corrected chi connectivity index (χ2v) is 5.80. The number of aromatic nitrogens is 2. The van der Waals surface area contributed by atoms with Crippen molar-refractivity contribution in [3.8, 4) is 0 Å². The summed E-state index contributed by atoms with van der Waals surface area (Å²) < 4.78 is 4.99. The van der Waals surface area contributed by atoms with E-state index in [-0.39, 0.29) is 18.2 Å². The summed E-state index contributed by atoms with van der Waals surface area (Å²) in [5.74, 6) is 0.643.